The van der Waals surface area contributed by atoms with Crippen molar-refractivity contribution in [2.45, 2.75) is 90.4 Å². The van der Waals surface area contributed by atoms with Crippen LogP contribution < -0.4 is 0 Å². The van der Waals surface area contributed by atoms with E-state index in [1.807, 2.05) is 0 Å². The average molecular weight is 344 g/mol. The molecular formula is C22H32O3. The first-order valence-corrected chi connectivity index (χ1v) is 10.3. The number of carbonyl (C=O) groups is 1. The minimum atomic E-state index is -0.454. The summed E-state index contributed by atoms with van der Waals surface area (Å²) in [6, 6.07) is 0. The summed E-state index contributed by atoms with van der Waals surface area (Å²) < 4.78 is 6.03. The summed E-state index contributed by atoms with van der Waals surface area (Å²) in [6.07, 6.45) is 7.59. The molecule has 8 atom stereocenters. The van der Waals surface area contributed by atoms with Gasteiger partial charge in [0, 0.05) is 5.41 Å². The van der Waals surface area contributed by atoms with Crippen molar-refractivity contribution >= 4 is 5.78 Å². The van der Waals surface area contributed by atoms with Crippen molar-refractivity contribution in [3.63, 3.8) is 0 Å². The molecule has 3 heteroatoms. The Kier molecular flexibility index (Phi) is 3.16. The summed E-state index contributed by atoms with van der Waals surface area (Å²) in [5.41, 5.74) is 2.95. The average Bonchev–Trinajstić information content (AvgIpc) is 3.23. The first-order chi connectivity index (χ1) is 11.7. The summed E-state index contributed by atoms with van der Waals surface area (Å²) in [6.45, 7) is 8.88. The second-order valence-corrected chi connectivity index (χ2v) is 10.2. The third kappa shape index (κ3) is 1.78. The van der Waals surface area contributed by atoms with Gasteiger partial charge in [-0.1, -0.05) is 25.0 Å². The molecule has 3 nitrogen and oxygen atoms in total. The fraction of sp³-hybridized carbons (Fsp3) is 0.864. The maximum Gasteiger partial charge on any atom is 0.164 e. The maximum absolute atomic E-state index is 12.5. The van der Waals surface area contributed by atoms with Gasteiger partial charge in [-0.25, -0.2) is 0 Å². The summed E-state index contributed by atoms with van der Waals surface area (Å²) in [5, 5.41) is 10.2. The van der Waals surface area contributed by atoms with Crippen LogP contribution in [0.3, 0.4) is 0 Å². The molecule has 0 bridgehead atoms. The van der Waals surface area contributed by atoms with Crippen LogP contribution in [-0.2, 0) is 9.53 Å². The molecule has 1 aliphatic heterocycles. The normalized spacial score (nSPS) is 56.6. The summed E-state index contributed by atoms with van der Waals surface area (Å²) in [4.78, 5) is 12.5. The van der Waals surface area contributed by atoms with Crippen molar-refractivity contribution in [1.29, 1.82) is 0 Å². The molecular weight excluding hydrogens is 312 g/mol. The SMILES string of the molecule is CC(=O)[C@@]12O[C@@H]1CC1C3CC(C)=C4C[C@@H](O)CC[C@]4(C)C3CC[C@@]12C. The third-order valence-corrected chi connectivity index (χ3v) is 9.39. The molecule has 0 amide bonds. The van der Waals surface area contributed by atoms with Gasteiger partial charge in [-0.15, -0.1) is 0 Å². The first-order valence-electron chi connectivity index (χ1n) is 10.3. The highest BCUT2D eigenvalue weighted by Gasteiger charge is 2.79. The van der Waals surface area contributed by atoms with Crippen molar-refractivity contribution in [2.24, 2.45) is 28.6 Å². The van der Waals surface area contributed by atoms with Crippen LogP contribution in [0.2, 0.25) is 0 Å². The maximum atomic E-state index is 12.5. The van der Waals surface area contributed by atoms with E-state index in [-0.39, 0.29) is 28.8 Å². The van der Waals surface area contributed by atoms with Crippen LogP contribution in [0.25, 0.3) is 0 Å². The minimum Gasteiger partial charge on any atom is -0.393 e. The Morgan fingerprint density at radius 3 is 2.64 bits per heavy atom. The Bertz CT molecular complexity index is 681. The van der Waals surface area contributed by atoms with Gasteiger partial charge >= 0.3 is 0 Å². The summed E-state index contributed by atoms with van der Waals surface area (Å²) >= 11 is 0. The number of epoxide rings is 1. The molecule has 4 aliphatic carbocycles. The van der Waals surface area contributed by atoms with Gasteiger partial charge in [0.25, 0.3) is 0 Å². The lowest BCUT2D eigenvalue weighted by Crippen LogP contribution is -2.54. The van der Waals surface area contributed by atoms with E-state index in [9.17, 15) is 9.90 Å². The van der Waals surface area contributed by atoms with E-state index < -0.39 is 5.60 Å². The molecule has 5 rings (SSSR count). The molecule has 4 fully saturated rings. The fourth-order valence-corrected chi connectivity index (χ4v) is 8.16. The first kappa shape index (κ1) is 16.5. The molecule has 0 aromatic heterocycles. The number of hydrogen-bond donors (Lipinski definition) is 1. The van der Waals surface area contributed by atoms with Crippen LogP contribution in [0.5, 0.6) is 0 Å². The van der Waals surface area contributed by atoms with E-state index in [0.29, 0.717) is 11.8 Å². The minimum absolute atomic E-state index is 0.0347. The molecule has 0 radical (unpaired) electrons. The van der Waals surface area contributed by atoms with E-state index in [1.54, 1.807) is 12.5 Å². The Balaban J connectivity index is 1.54. The number of carbonyl (C=O) groups excluding carboxylic acids is 1. The Labute approximate surface area is 151 Å². The smallest absolute Gasteiger partial charge is 0.164 e. The van der Waals surface area contributed by atoms with Crippen molar-refractivity contribution in [2.75, 3.05) is 0 Å². The number of ether oxygens (including phenoxy) is 1. The van der Waals surface area contributed by atoms with Gasteiger partial charge in [0.15, 0.2) is 11.4 Å². The molecule has 3 unspecified atom stereocenters. The van der Waals surface area contributed by atoms with Gasteiger partial charge in [0.05, 0.1) is 12.2 Å². The molecule has 5 aliphatic rings. The third-order valence-electron chi connectivity index (χ3n) is 9.39. The Morgan fingerprint density at radius 1 is 1.16 bits per heavy atom. The van der Waals surface area contributed by atoms with Crippen LogP contribution in [-0.4, -0.2) is 28.7 Å². The van der Waals surface area contributed by atoms with Gasteiger partial charge in [-0.3, -0.25) is 4.79 Å². The molecule has 0 aromatic carbocycles. The number of ketones is 1. The molecule has 1 heterocycles. The number of fused-ring (bicyclic) bond motifs is 7. The highest BCUT2D eigenvalue weighted by Crippen LogP contribution is 2.73. The zero-order valence-electron chi connectivity index (χ0n) is 16.1. The molecule has 1 N–H and O–H groups in total. The van der Waals surface area contributed by atoms with E-state index in [4.69, 9.17) is 4.74 Å². The van der Waals surface area contributed by atoms with E-state index in [0.717, 1.165) is 38.0 Å². The van der Waals surface area contributed by atoms with Crippen molar-refractivity contribution in [3.05, 3.63) is 11.1 Å². The number of aliphatic hydroxyl groups is 1. The number of allylic oxidation sites excluding steroid dienone is 1. The van der Waals surface area contributed by atoms with E-state index >= 15 is 0 Å². The van der Waals surface area contributed by atoms with Gasteiger partial charge in [-0.2, -0.15) is 0 Å². The predicted octanol–water partition coefficient (Wildman–Crippen LogP) is 4.04. The Morgan fingerprint density at radius 2 is 1.92 bits per heavy atom. The lowest BCUT2D eigenvalue weighted by atomic mass is 9.46. The molecule has 138 valence electrons. The van der Waals surface area contributed by atoms with Gasteiger partial charge in [0.1, 0.15) is 0 Å². The lowest BCUT2D eigenvalue weighted by molar-refractivity contribution is -0.135. The molecule has 1 saturated heterocycles. The molecule has 25 heavy (non-hydrogen) atoms. The quantitative estimate of drug-likeness (QED) is 0.577. The zero-order chi connectivity index (χ0) is 17.8. The summed E-state index contributed by atoms with van der Waals surface area (Å²) in [5.74, 6) is 2.29. The van der Waals surface area contributed by atoms with Crippen LogP contribution in [0.4, 0.5) is 0 Å². The van der Waals surface area contributed by atoms with Crippen LogP contribution in [0.15, 0.2) is 11.1 Å². The number of Topliss-reactive ketones (excluding diaryl/α,β-unsaturated/α-hetero) is 1. The standard InChI is InChI=1S/C22H32O3/c1-12-9-15-16(20(3)7-5-14(24)10-17(12)20)6-8-21(4)18(15)11-19-22(21,25-19)13(2)23/h14-16,18-19,24H,5-11H2,1-4H3/t14-,15?,16?,18?,19+,20+,21-,22+/m0/s1. The number of aliphatic hydroxyl groups excluding tert-OH is 1. The van der Waals surface area contributed by atoms with Gasteiger partial charge < -0.3 is 9.84 Å². The van der Waals surface area contributed by atoms with Crippen LogP contribution >= 0.6 is 0 Å². The van der Waals surface area contributed by atoms with E-state index in [2.05, 4.69) is 20.8 Å². The number of rotatable bonds is 1. The lowest BCUT2D eigenvalue weighted by Gasteiger charge is -2.59. The summed E-state index contributed by atoms with van der Waals surface area (Å²) in [7, 11) is 0. The second-order valence-electron chi connectivity index (χ2n) is 10.2. The highest BCUT2D eigenvalue weighted by molar-refractivity contribution is 5.90. The van der Waals surface area contributed by atoms with Crippen LogP contribution in [0.1, 0.15) is 72.6 Å². The monoisotopic (exact) mass is 344 g/mol. The second kappa shape index (κ2) is 4.78. The predicted molar refractivity (Wildman–Crippen MR) is 96.0 cm³/mol. The molecule has 0 aromatic rings. The Hall–Kier alpha value is -0.670. The topological polar surface area (TPSA) is 49.8 Å². The van der Waals surface area contributed by atoms with Gasteiger partial charge in [0.2, 0.25) is 0 Å². The zero-order valence-corrected chi connectivity index (χ0v) is 16.1. The number of hydrogen-bond acceptors (Lipinski definition) is 3. The largest absolute Gasteiger partial charge is 0.393 e. The van der Waals surface area contributed by atoms with Crippen molar-refractivity contribution < 1.29 is 14.6 Å². The van der Waals surface area contributed by atoms with Crippen LogP contribution in [0, 0.1) is 28.6 Å². The van der Waals surface area contributed by atoms with Crippen molar-refractivity contribution in [3.8, 4) is 0 Å². The van der Waals surface area contributed by atoms with Crippen molar-refractivity contribution in [1.82, 2.24) is 0 Å². The fourth-order valence-electron chi connectivity index (χ4n) is 8.16. The highest BCUT2D eigenvalue weighted by atomic mass is 16.6. The molecule has 3 saturated carbocycles. The van der Waals surface area contributed by atoms with E-state index in [1.165, 1.54) is 18.4 Å². The molecule has 0 spiro atoms. The van der Waals surface area contributed by atoms with Gasteiger partial charge in [-0.05, 0) is 82.0 Å².